The number of carbonyl (C=O) groups excluding carboxylic acids is 2. The summed E-state index contributed by atoms with van der Waals surface area (Å²) in [6.45, 7) is 11.6. The molecule has 0 aliphatic carbocycles. The van der Waals surface area contributed by atoms with Crippen LogP contribution in [0.15, 0.2) is 42.5 Å². The van der Waals surface area contributed by atoms with Crippen LogP contribution in [0.4, 0.5) is 5.69 Å². The molecule has 4 nitrogen and oxygen atoms in total. The van der Waals surface area contributed by atoms with E-state index in [1.54, 1.807) is 0 Å². The summed E-state index contributed by atoms with van der Waals surface area (Å²) < 4.78 is 0. The number of likely N-dealkylation sites (tertiary alicyclic amines) is 1. The third kappa shape index (κ3) is 4.69. The average molecular weight is 393 g/mol. The van der Waals surface area contributed by atoms with E-state index in [4.69, 9.17) is 0 Å². The van der Waals surface area contributed by atoms with E-state index in [0.717, 1.165) is 22.4 Å². The number of rotatable bonds is 6. The Bertz CT molecular complexity index is 875. The van der Waals surface area contributed by atoms with Crippen LogP contribution >= 0.6 is 0 Å². The topological polar surface area (TPSA) is 49.4 Å². The Hall–Kier alpha value is -2.62. The van der Waals surface area contributed by atoms with E-state index in [1.807, 2.05) is 23.1 Å². The van der Waals surface area contributed by atoms with Crippen LogP contribution < -0.4 is 5.32 Å². The Kier molecular flexibility index (Phi) is 6.41. The van der Waals surface area contributed by atoms with E-state index in [1.165, 1.54) is 5.56 Å². The highest BCUT2D eigenvalue weighted by Crippen LogP contribution is 2.33. The molecule has 0 bridgehead atoms. The molecule has 0 spiro atoms. The highest BCUT2D eigenvalue weighted by Gasteiger charge is 2.35. The summed E-state index contributed by atoms with van der Waals surface area (Å²) in [6.07, 6.45) is 0.276. The predicted molar refractivity (Wildman–Crippen MR) is 118 cm³/mol. The van der Waals surface area contributed by atoms with Gasteiger partial charge in [0.05, 0.1) is 5.92 Å². The van der Waals surface area contributed by atoms with Crippen LogP contribution in [0.5, 0.6) is 0 Å². The maximum atomic E-state index is 13.1. The molecule has 1 aliphatic rings. The molecule has 3 rings (SSSR count). The summed E-state index contributed by atoms with van der Waals surface area (Å²) in [5.74, 6) is 0.306. The second-order valence-corrected chi connectivity index (χ2v) is 8.71. The highest BCUT2D eigenvalue weighted by molar-refractivity contribution is 5.98. The summed E-state index contributed by atoms with van der Waals surface area (Å²) in [4.78, 5) is 27.4. The maximum Gasteiger partial charge on any atom is 0.229 e. The third-order valence-electron chi connectivity index (χ3n) is 5.83. The third-order valence-corrected chi connectivity index (χ3v) is 5.83. The number of carbonyl (C=O) groups is 2. The molecule has 1 saturated heterocycles. The number of hydrogen-bond acceptors (Lipinski definition) is 2. The molecule has 0 saturated carbocycles. The van der Waals surface area contributed by atoms with Gasteiger partial charge in [0.1, 0.15) is 0 Å². The summed E-state index contributed by atoms with van der Waals surface area (Å²) in [5.41, 5.74) is 5.51. The Morgan fingerprint density at radius 2 is 1.66 bits per heavy atom. The van der Waals surface area contributed by atoms with Gasteiger partial charge in [0.2, 0.25) is 11.8 Å². The molecule has 1 fully saturated rings. The fraction of sp³-hybridized carbons (Fsp3) is 0.440. The minimum absolute atomic E-state index is 0.0506. The number of aryl methyl sites for hydroxylation is 1. The fourth-order valence-corrected chi connectivity index (χ4v) is 4.01. The van der Waals surface area contributed by atoms with Gasteiger partial charge < -0.3 is 10.2 Å². The van der Waals surface area contributed by atoms with Crippen molar-refractivity contribution in [2.75, 3.05) is 11.9 Å². The number of nitrogens with zero attached hydrogens (tertiary/aromatic N) is 1. The zero-order valence-electron chi connectivity index (χ0n) is 18.2. The average Bonchev–Trinajstić information content (AvgIpc) is 3.04. The Labute approximate surface area is 174 Å². The van der Waals surface area contributed by atoms with Crippen molar-refractivity contribution in [2.45, 2.75) is 59.4 Å². The maximum absolute atomic E-state index is 13.1. The number of amides is 2. The van der Waals surface area contributed by atoms with Gasteiger partial charge in [-0.3, -0.25) is 9.59 Å². The van der Waals surface area contributed by atoms with Gasteiger partial charge in [-0.25, -0.2) is 0 Å². The van der Waals surface area contributed by atoms with Crippen LogP contribution in [0.25, 0.3) is 0 Å². The minimum atomic E-state index is -0.313. The van der Waals surface area contributed by atoms with Crippen molar-refractivity contribution < 1.29 is 9.59 Å². The van der Waals surface area contributed by atoms with Crippen LogP contribution in [0.2, 0.25) is 0 Å². The number of anilines is 1. The largest absolute Gasteiger partial charge is 0.338 e. The first-order valence-electron chi connectivity index (χ1n) is 10.5. The number of hydrogen-bond donors (Lipinski definition) is 1. The van der Waals surface area contributed by atoms with E-state index in [-0.39, 0.29) is 24.2 Å². The summed E-state index contributed by atoms with van der Waals surface area (Å²) in [6, 6.07) is 14.3. The first-order valence-corrected chi connectivity index (χ1v) is 10.5. The van der Waals surface area contributed by atoms with Gasteiger partial charge in [-0.1, -0.05) is 70.2 Å². The number of para-hydroxylation sites is 1. The van der Waals surface area contributed by atoms with Gasteiger partial charge in [-0.2, -0.15) is 0 Å². The van der Waals surface area contributed by atoms with Gasteiger partial charge in [-0.05, 0) is 41.0 Å². The van der Waals surface area contributed by atoms with Gasteiger partial charge in [0, 0.05) is 25.2 Å². The second-order valence-electron chi connectivity index (χ2n) is 8.71. The molecule has 2 aromatic rings. The van der Waals surface area contributed by atoms with Crippen molar-refractivity contribution in [1.82, 2.24) is 4.90 Å². The monoisotopic (exact) mass is 392 g/mol. The van der Waals surface area contributed by atoms with Gasteiger partial charge in [-0.15, -0.1) is 0 Å². The lowest BCUT2D eigenvalue weighted by Crippen LogP contribution is -2.28. The van der Waals surface area contributed by atoms with Crippen molar-refractivity contribution in [3.63, 3.8) is 0 Å². The molecule has 1 unspecified atom stereocenters. The molecule has 1 N–H and O–H groups in total. The molecule has 1 heterocycles. The Balaban J connectivity index is 1.76. The standard InChI is InChI=1S/C25H32N2O2/c1-16(2)21-11-8-12-22(17(3)4)24(21)26-25(29)20-13-23(28)27(15-20)14-19-10-7-6-9-18(19)5/h6-12,16-17,20H,13-15H2,1-5H3,(H,26,29). The molecule has 2 aromatic carbocycles. The van der Waals surface area contributed by atoms with E-state index in [2.05, 4.69) is 64.2 Å². The SMILES string of the molecule is Cc1ccccc1CN1CC(C(=O)Nc2c(C(C)C)cccc2C(C)C)CC1=O. The Morgan fingerprint density at radius 1 is 1.03 bits per heavy atom. The van der Waals surface area contributed by atoms with Crippen LogP contribution in [-0.4, -0.2) is 23.3 Å². The predicted octanol–water partition coefficient (Wildman–Crippen LogP) is 5.23. The molecule has 0 aromatic heterocycles. The van der Waals surface area contributed by atoms with Gasteiger partial charge >= 0.3 is 0 Å². The van der Waals surface area contributed by atoms with E-state index >= 15 is 0 Å². The van der Waals surface area contributed by atoms with E-state index < -0.39 is 0 Å². The van der Waals surface area contributed by atoms with Crippen molar-refractivity contribution in [3.8, 4) is 0 Å². The first kappa shape index (κ1) is 21.1. The molecule has 154 valence electrons. The van der Waals surface area contributed by atoms with Gasteiger partial charge in [0.15, 0.2) is 0 Å². The normalized spacial score (nSPS) is 16.7. The molecule has 1 aliphatic heterocycles. The second kappa shape index (κ2) is 8.81. The molecular weight excluding hydrogens is 360 g/mol. The smallest absolute Gasteiger partial charge is 0.229 e. The first-order chi connectivity index (χ1) is 13.8. The zero-order valence-corrected chi connectivity index (χ0v) is 18.2. The lowest BCUT2D eigenvalue weighted by Gasteiger charge is -2.22. The molecule has 1 atom stereocenters. The Morgan fingerprint density at radius 3 is 2.24 bits per heavy atom. The van der Waals surface area contributed by atoms with Crippen LogP contribution in [0.3, 0.4) is 0 Å². The lowest BCUT2D eigenvalue weighted by molar-refractivity contribution is -0.128. The summed E-state index contributed by atoms with van der Waals surface area (Å²) in [5, 5.41) is 3.18. The molecule has 0 radical (unpaired) electrons. The van der Waals surface area contributed by atoms with Crippen LogP contribution in [-0.2, 0) is 16.1 Å². The van der Waals surface area contributed by atoms with Crippen molar-refractivity contribution in [3.05, 3.63) is 64.7 Å². The van der Waals surface area contributed by atoms with Crippen LogP contribution in [0.1, 0.15) is 68.2 Å². The number of nitrogens with one attached hydrogen (secondary N) is 1. The van der Waals surface area contributed by atoms with E-state index in [0.29, 0.717) is 24.9 Å². The van der Waals surface area contributed by atoms with Crippen molar-refractivity contribution in [2.24, 2.45) is 5.92 Å². The summed E-state index contributed by atoms with van der Waals surface area (Å²) >= 11 is 0. The van der Waals surface area contributed by atoms with E-state index in [9.17, 15) is 9.59 Å². The zero-order chi connectivity index (χ0) is 21.1. The molecule has 29 heavy (non-hydrogen) atoms. The summed E-state index contributed by atoms with van der Waals surface area (Å²) in [7, 11) is 0. The molecule has 2 amide bonds. The number of benzene rings is 2. The highest BCUT2D eigenvalue weighted by atomic mass is 16.2. The van der Waals surface area contributed by atoms with Crippen LogP contribution in [0, 0.1) is 12.8 Å². The fourth-order valence-electron chi connectivity index (χ4n) is 4.01. The van der Waals surface area contributed by atoms with Gasteiger partial charge in [0.25, 0.3) is 0 Å². The quantitative estimate of drug-likeness (QED) is 0.732. The molecular formula is C25H32N2O2. The molecule has 4 heteroatoms. The van der Waals surface area contributed by atoms with Crippen molar-refractivity contribution in [1.29, 1.82) is 0 Å². The minimum Gasteiger partial charge on any atom is -0.338 e. The lowest BCUT2D eigenvalue weighted by atomic mass is 9.92. The van der Waals surface area contributed by atoms with Crippen molar-refractivity contribution >= 4 is 17.5 Å².